The fraction of sp³-hybridized carbons (Fsp3) is 0.500. The van der Waals surface area contributed by atoms with Crippen LogP contribution in [0.15, 0.2) is 29.2 Å². The van der Waals surface area contributed by atoms with Gasteiger partial charge in [-0.1, -0.05) is 0 Å². The van der Waals surface area contributed by atoms with Crippen LogP contribution in [0.4, 0.5) is 0 Å². The Hall–Kier alpha value is -2.17. The molecule has 1 aromatic carbocycles. The zero-order chi connectivity index (χ0) is 19.7. The number of amides is 1. The number of methoxy groups -OCH3 is 2. The molecule has 0 saturated carbocycles. The van der Waals surface area contributed by atoms with Gasteiger partial charge in [-0.15, -0.1) is 0 Å². The summed E-state index contributed by atoms with van der Waals surface area (Å²) in [6.45, 7) is 2.86. The van der Waals surface area contributed by atoms with Gasteiger partial charge in [0, 0.05) is 13.2 Å². The molecule has 2 unspecified atom stereocenters. The Morgan fingerprint density at radius 3 is 2.27 bits per heavy atom. The number of carbonyl (C=O) groups is 2. The number of esters is 1. The maximum absolute atomic E-state index is 12.2. The molecule has 0 aliphatic heterocycles. The molecule has 0 aliphatic rings. The van der Waals surface area contributed by atoms with E-state index in [2.05, 4.69) is 10.0 Å². The summed E-state index contributed by atoms with van der Waals surface area (Å²) in [5.74, 6) is -0.866. The highest BCUT2D eigenvalue weighted by atomic mass is 32.2. The number of sulfonamides is 1. The first-order valence-corrected chi connectivity index (χ1v) is 9.29. The predicted octanol–water partition coefficient (Wildman–Crippen LogP) is 0.0563. The minimum Gasteiger partial charge on any atom is -0.497 e. The number of carbonyl (C=O) groups excluding carboxylic acids is 2. The Kier molecular flexibility index (Phi) is 8.49. The summed E-state index contributed by atoms with van der Waals surface area (Å²) in [5.41, 5.74) is 0. The highest BCUT2D eigenvalue weighted by molar-refractivity contribution is 7.89. The number of hydrogen-bond donors (Lipinski definition) is 2. The molecule has 9 nitrogen and oxygen atoms in total. The molecule has 2 N–H and O–H groups in total. The summed E-state index contributed by atoms with van der Waals surface area (Å²) >= 11 is 0. The second-order valence-corrected chi connectivity index (χ2v) is 7.26. The lowest BCUT2D eigenvalue weighted by molar-refractivity contribution is -0.150. The lowest BCUT2D eigenvalue weighted by Crippen LogP contribution is -2.42. The number of benzene rings is 1. The molecular formula is C16H24N2O7S. The van der Waals surface area contributed by atoms with Crippen LogP contribution in [-0.4, -0.2) is 59.8 Å². The summed E-state index contributed by atoms with van der Waals surface area (Å²) in [5, 5.41) is 2.57. The summed E-state index contributed by atoms with van der Waals surface area (Å²) < 4.78 is 41.4. The molecule has 1 aromatic rings. The minimum atomic E-state index is -3.92. The van der Waals surface area contributed by atoms with Crippen LogP contribution in [0.2, 0.25) is 0 Å². The van der Waals surface area contributed by atoms with Crippen molar-refractivity contribution < 1.29 is 32.2 Å². The third kappa shape index (κ3) is 6.98. The molecule has 0 bridgehead atoms. The van der Waals surface area contributed by atoms with Crippen LogP contribution in [0.3, 0.4) is 0 Å². The Morgan fingerprint density at radius 1 is 1.12 bits per heavy atom. The van der Waals surface area contributed by atoms with E-state index in [1.54, 1.807) is 6.92 Å². The van der Waals surface area contributed by atoms with E-state index in [0.717, 1.165) is 0 Å². The first-order chi connectivity index (χ1) is 12.2. The van der Waals surface area contributed by atoms with Crippen molar-refractivity contribution in [3.05, 3.63) is 24.3 Å². The van der Waals surface area contributed by atoms with E-state index in [-0.39, 0.29) is 10.9 Å². The molecule has 0 heterocycles. The smallest absolute Gasteiger partial charge is 0.324 e. The summed E-state index contributed by atoms with van der Waals surface area (Å²) in [6.07, 6.45) is 0. The normalized spacial score (nSPS) is 13.5. The van der Waals surface area contributed by atoms with E-state index in [0.29, 0.717) is 12.4 Å². The monoisotopic (exact) mass is 388 g/mol. The Labute approximate surface area is 153 Å². The summed E-state index contributed by atoms with van der Waals surface area (Å²) in [4.78, 5) is 23.5. The Morgan fingerprint density at radius 2 is 1.73 bits per heavy atom. The van der Waals surface area contributed by atoms with Crippen molar-refractivity contribution in [2.24, 2.45) is 0 Å². The molecule has 0 radical (unpaired) electrons. The van der Waals surface area contributed by atoms with Crippen LogP contribution in [0.5, 0.6) is 5.75 Å². The van der Waals surface area contributed by atoms with Crippen molar-refractivity contribution >= 4 is 21.9 Å². The van der Waals surface area contributed by atoms with Crippen LogP contribution in [0.1, 0.15) is 13.8 Å². The van der Waals surface area contributed by atoms with E-state index < -0.39 is 34.5 Å². The van der Waals surface area contributed by atoms with Gasteiger partial charge in [-0.3, -0.25) is 9.59 Å². The van der Waals surface area contributed by atoms with E-state index in [1.165, 1.54) is 45.4 Å². The van der Waals surface area contributed by atoms with Gasteiger partial charge in [0.05, 0.1) is 18.6 Å². The van der Waals surface area contributed by atoms with Crippen LogP contribution in [0, 0.1) is 0 Å². The van der Waals surface area contributed by atoms with Gasteiger partial charge < -0.3 is 19.5 Å². The molecule has 2 atom stereocenters. The minimum absolute atomic E-state index is 0.0240. The van der Waals surface area contributed by atoms with Crippen molar-refractivity contribution in [2.75, 3.05) is 27.4 Å². The van der Waals surface area contributed by atoms with Crippen LogP contribution >= 0.6 is 0 Å². The Balaban J connectivity index is 2.55. The quantitative estimate of drug-likeness (QED) is 0.544. The molecule has 0 fully saturated rings. The number of ether oxygens (including phenoxy) is 3. The number of hydrogen-bond acceptors (Lipinski definition) is 7. The van der Waals surface area contributed by atoms with Crippen molar-refractivity contribution in [3.63, 3.8) is 0 Å². The van der Waals surface area contributed by atoms with E-state index in [1.807, 2.05) is 0 Å². The molecule has 26 heavy (non-hydrogen) atoms. The van der Waals surface area contributed by atoms with Crippen molar-refractivity contribution in [2.45, 2.75) is 30.8 Å². The molecule has 0 aromatic heterocycles. The van der Waals surface area contributed by atoms with Crippen LogP contribution in [-0.2, 0) is 29.1 Å². The average Bonchev–Trinajstić information content (AvgIpc) is 2.59. The first-order valence-electron chi connectivity index (χ1n) is 7.81. The van der Waals surface area contributed by atoms with Crippen LogP contribution in [0.25, 0.3) is 0 Å². The lowest BCUT2D eigenvalue weighted by Gasteiger charge is -2.15. The van der Waals surface area contributed by atoms with Gasteiger partial charge in [0.25, 0.3) is 5.91 Å². The molecule has 1 amide bonds. The molecule has 10 heteroatoms. The molecule has 1 rings (SSSR count). The molecule has 146 valence electrons. The van der Waals surface area contributed by atoms with Crippen LogP contribution < -0.4 is 14.8 Å². The van der Waals surface area contributed by atoms with Gasteiger partial charge >= 0.3 is 5.97 Å². The van der Waals surface area contributed by atoms with E-state index >= 15 is 0 Å². The fourth-order valence-corrected chi connectivity index (χ4v) is 3.17. The standard InChI is InChI=1S/C16H24N2O7S/c1-11(9-23-3)17-15(19)10-25-16(20)12(2)18-26(21,22)14-7-5-13(24-4)6-8-14/h5-8,11-12,18H,9-10H2,1-4H3,(H,17,19). The zero-order valence-electron chi connectivity index (χ0n) is 15.1. The van der Waals surface area contributed by atoms with Crippen molar-refractivity contribution in [3.8, 4) is 5.75 Å². The highest BCUT2D eigenvalue weighted by Crippen LogP contribution is 2.15. The first kappa shape index (κ1) is 21.9. The number of rotatable bonds is 10. The molecule has 0 aliphatic carbocycles. The lowest BCUT2D eigenvalue weighted by atomic mass is 10.3. The third-order valence-electron chi connectivity index (χ3n) is 3.22. The van der Waals surface area contributed by atoms with Gasteiger partial charge in [-0.25, -0.2) is 8.42 Å². The van der Waals surface area contributed by atoms with Crippen molar-refractivity contribution in [1.82, 2.24) is 10.0 Å². The van der Waals surface area contributed by atoms with Gasteiger partial charge in [0.1, 0.15) is 11.8 Å². The largest absolute Gasteiger partial charge is 0.497 e. The predicted molar refractivity (Wildman–Crippen MR) is 93.2 cm³/mol. The highest BCUT2D eigenvalue weighted by Gasteiger charge is 2.24. The van der Waals surface area contributed by atoms with E-state index in [9.17, 15) is 18.0 Å². The maximum Gasteiger partial charge on any atom is 0.324 e. The SMILES string of the molecule is COCC(C)NC(=O)COC(=O)C(C)NS(=O)(=O)c1ccc(OC)cc1. The summed E-state index contributed by atoms with van der Waals surface area (Å²) in [6, 6.07) is 4.28. The molecular weight excluding hydrogens is 364 g/mol. The summed E-state index contributed by atoms with van der Waals surface area (Å²) in [7, 11) is -0.954. The maximum atomic E-state index is 12.2. The molecule has 0 saturated heterocycles. The molecule has 0 spiro atoms. The van der Waals surface area contributed by atoms with Gasteiger partial charge in [0.2, 0.25) is 10.0 Å². The van der Waals surface area contributed by atoms with E-state index in [4.69, 9.17) is 14.2 Å². The number of nitrogens with one attached hydrogen (secondary N) is 2. The van der Waals surface area contributed by atoms with Gasteiger partial charge in [-0.05, 0) is 38.1 Å². The van der Waals surface area contributed by atoms with Crippen molar-refractivity contribution in [1.29, 1.82) is 0 Å². The topological polar surface area (TPSA) is 120 Å². The Bertz CT molecular complexity index is 704. The third-order valence-corrected chi connectivity index (χ3v) is 4.78. The zero-order valence-corrected chi connectivity index (χ0v) is 16.0. The average molecular weight is 388 g/mol. The van der Waals surface area contributed by atoms with Gasteiger partial charge in [-0.2, -0.15) is 4.72 Å². The van der Waals surface area contributed by atoms with Gasteiger partial charge in [0.15, 0.2) is 6.61 Å². The second-order valence-electron chi connectivity index (χ2n) is 5.55. The second kappa shape index (κ2) is 10.1. The fourth-order valence-electron chi connectivity index (χ4n) is 1.97.